The Labute approximate surface area is 178 Å². The van der Waals surface area contributed by atoms with Crippen LogP contribution in [0.1, 0.15) is 20.7 Å². The maximum atomic E-state index is 12.5. The average Bonchev–Trinajstić information content (AvgIpc) is 3.08. The number of nitrogens with one attached hydrogen (secondary N) is 2. The molecule has 0 spiro atoms. The molecule has 0 saturated carbocycles. The lowest BCUT2D eigenvalue weighted by molar-refractivity contribution is 0.0600. The number of esters is 1. The number of anilines is 1. The molecule has 2 N–H and O–H groups in total. The molecule has 3 aromatic rings. The van der Waals surface area contributed by atoms with Crippen molar-refractivity contribution in [3.63, 3.8) is 0 Å². The standard InChI is InChI=1S/C18H14BrN3O4S2/c1-25-13-6-4-10(19)8-11(13)15(23)21-17(27)22-18-20-12-5-3-9(16(24)26-2)7-14(12)28-18/h3-8H,1-2H3,(H2,20,21,22,23,27). The molecule has 3 rings (SSSR count). The van der Waals surface area contributed by atoms with Crippen LogP contribution in [-0.4, -0.2) is 36.2 Å². The molecule has 0 radical (unpaired) electrons. The van der Waals surface area contributed by atoms with Crippen LogP contribution in [0.5, 0.6) is 5.75 Å². The minimum atomic E-state index is -0.421. The van der Waals surface area contributed by atoms with Gasteiger partial charge in [0.2, 0.25) is 0 Å². The van der Waals surface area contributed by atoms with E-state index < -0.39 is 11.9 Å². The summed E-state index contributed by atoms with van der Waals surface area (Å²) in [6, 6.07) is 10.1. The van der Waals surface area contributed by atoms with E-state index in [1.165, 1.54) is 25.6 Å². The number of methoxy groups -OCH3 is 2. The maximum absolute atomic E-state index is 12.5. The van der Waals surface area contributed by atoms with Crippen LogP contribution >= 0.6 is 39.5 Å². The van der Waals surface area contributed by atoms with Gasteiger partial charge in [-0.15, -0.1) is 0 Å². The number of nitrogens with zero attached hydrogens (tertiary/aromatic N) is 1. The van der Waals surface area contributed by atoms with Gasteiger partial charge in [0.25, 0.3) is 5.91 Å². The first-order chi connectivity index (χ1) is 13.4. The lowest BCUT2D eigenvalue weighted by Gasteiger charge is -2.10. The Bertz CT molecular complexity index is 1080. The molecule has 0 bridgehead atoms. The molecule has 0 fully saturated rings. The van der Waals surface area contributed by atoms with Gasteiger partial charge < -0.3 is 14.8 Å². The molecule has 1 heterocycles. The van der Waals surface area contributed by atoms with Crippen LogP contribution in [0.2, 0.25) is 0 Å². The molecule has 144 valence electrons. The Kier molecular flexibility index (Phi) is 6.22. The third kappa shape index (κ3) is 4.46. The molecule has 0 unspecified atom stereocenters. The number of rotatable bonds is 4. The zero-order chi connectivity index (χ0) is 20.3. The van der Waals surface area contributed by atoms with Gasteiger partial charge >= 0.3 is 5.97 Å². The van der Waals surface area contributed by atoms with Crippen LogP contribution in [0.25, 0.3) is 10.2 Å². The number of amides is 1. The second kappa shape index (κ2) is 8.63. The minimum absolute atomic E-state index is 0.0966. The predicted octanol–water partition coefficient (Wildman–Crippen LogP) is 3.98. The second-order valence-electron chi connectivity index (χ2n) is 5.45. The fourth-order valence-electron chi connectivity index (χ4n) is 2.38. The molecule has 0 atom stereocenters. The number of aromatic nitrogens is 1. The molecule has 1 amide bonds. The Hall–Kier alpha value is -2.56. The highest BCUT2D eigenvalue weighted by molar-refractivity contribution is 9.10. The van der Waals surface area contributed by atoms with E-state index in [1.807, 2.05) is 0 Å². The Morgan fingerprint density at radius 2 is 1.96 bits per heavy atom. The average molecular weight is 480 g/mol. The summed E-state index contributed by atoms with van der Waals surface area (Å²) in [5.41, 5.74) is 1.47. The molecule has 1 aromatic heterocycles. The summed E-state index contributed by atoms with van der Waals surface area (Å²) in [7, 11) is 2.81. The molecule has 28 heavy (non-hydrogen) atoms. The molecule has 10 heteroatoms. The first-order valence-electron chi connectivity index (χ1n) is 7.86. The van der Waals surface area contributed by atoms with Crippen molar-refractivity contribution in [1.82, 2.24) is 10.3 Å². The van der Waals surface area contributed by atoms with Gasteiger partial charge in [-0.2, -0.15) is 0 Å². The topological polar surface area (TPSA) is 89.5 Å². The summed E-state index contributed by atoms with van der Waals surface area (Å²) in [6.07, 6.45) is 0. The number of halogens is 1. The van der Waals surface area contributed by atoms with Crippen molar-refractivity contribution in [2.24, 2.45) is 0 Å². The third-order valence-electron chi connectivity index (χ3n) is 3.66. The van der Waals surface area contributed by atoms with Crippen molar-refractivity contribution < 1.29 is 19.1 Å². The number of hydrogen-bond acceptors (Lipinski definition) is 7. The monoisotopic (exact) mass is 479 g/mol. The smallest absolute Gasteiger partial charge is 0.337 e. The zero-order valence-corrected chi connectivity index (χ0v) is 18.0. The van der Waals surface area contributed by atoms with E-state index in [2.05, 4.69) is 31.5 Å². The van der Waals surface area contributed by atoms with Gasteiger partial charge in [-0.05, 0) is 48.6 Å². The first kappa shape index (κ1) is 20.2. The maximum Gasteiger partial charge on any atom is 0.337 e. The van der Waals surface area contributed by atoms with E-state index in [4.69, 9.17) is 21.7 Å². The lowest BCUT2D eigenvalue weighted by atomic mass is 10.2. The molecule has 0 saturated heterocycles. The van der Waals surface area contributed by atoms with Gasteiger partial charge in [0, 0.05) is 4.47 Å². The van der Waals surface area contributed by atoms with Crippen molar-refractivity contribution in [2.45, 2.75) is 0 Å². The number of carbonyl (C=O) groups excluding carboxylic acids is 2. The molecule has 0 aliphatic carbocycles. The van der Waals surface area contributed by atoms with Gasteiger partial charge in [0.15, 0.2) is 10.2 Å². The highest BCUT2D eigenvalue weighted by atomic mass is 79.9. The number of ether oxygens (including phenoxy) is 2. The number of hydrogen-bond donors (Lipinski definition) is 2. The lowest BCUT2D eigenvalue weighted by Crippen LogP contribution is -2.34. The van der Waals surface area contributed by atoms with Crippen LogP contribution < -0.4 is 15.4 Å². The summed E-state index contributed by atoms with van der Waals surface area (Å²) in [5, 5.41) is 6.07. The largest absolute Gasteiger partial charge is 0.496 e. The predicted molar refractivity (Wildman–Crippen MR) is 115 cm³/mol. The van der Waals surface area contributed by atoms with Gasteiger partial charge in [-0.3, -0.25) is 10.1 Å². The SMILES string of the molecule is COC(=O)c1ccc2nc(NC(=S)NC(=O)c3cc(Br)ccc3OC)sc2c1. The van der Waals surface area contributed by atoms with Crippen molar-refractivity contribution in [1.29, 1.82) is 0 Å². The fourth-order valence-corrected chi connectivity index (χ4v) is 3.90. The van der Waals surface area contributed by atoms with Crippen molar-refractivity contribution in [2.75, 3.05) is 19.5 Å². The Morgan fingerprint density at radius 1 is 1.18 bits per heavy atom. The highest BCUT2D eigenvalue weighted by Crippen LogP contribution is 2.27. The number of thiocarbonyl (C=S) groups is 1. The van der Waals surface area contributed by atoms with Crippen LogP contribution in [0.15, 0.2) is 40.9 Å². The molecule has 2 aromatic carbocycles. The Morgan fingerprint density at radius 3 is 2.68 bits per heavy atom. The van der Waals surface area contributed by atoms with Crippen molar-refractivity contribution in [3.8, 4) is 5.75 Å². The third-order valence-corrected chi connectivity index (χ3v) is 5.29. The van der Waals surface area contributed by atoms with Gasteiger partial charge in [0.1, 0.15) is 5.75 Å². The summed E-state index contributed by atoms with van der Waals surface area (Å²) in [4.78, 5) is 28.5. The van der Waals surface area contributed by atoms with Gasteiger partial charge in [0.05, 0.1) is 35.6 Å². The zero-order valence-electron chi connectivity index (χ0n) is 14.7. The molecule has 0 aliphatic heterocycles. The van der Waals surface area contributed by atoms with Crippen LogP contribution in [0.4, 0.5) is 5.13 Å². The molecule has 7 nitrogen and oxygen atoms in total. The summed E-state index contributed by atoms with van der Waals surface area (Å²) < 4.78 is 11.5. The van der Waals surface area contributed by atoms with Gasteiger partial charge in [-0.25, -0.2) is 9.78 Å². The van der Waals surface area contributed by atoms with Crippen LogP contribution in [0, 0.1) is 0 Å². The second-order valence-corrected chi connectivity index (χ2v) is 7.80. The molecular weight excluding hydrogens is 466 g/mol. The number of benzene rings is 2. The van der Waals surface area contributed by atoms with E-state index in [-0.39, 0.29) is 5.11 Å². The van der Waals surface area contributed by atoms with E-state index >= 15 is 0 Å². The van der Waals surface area contributed by atoms with Gasteiger partial charge in [-0.1, -0.05) is 27.3 Å². The van der Waals surface area contributed by atoms with E-state index in [1.54, 1.807) is 36.4 Å². The van der Waals surface area contributed by atoms with Crippen molar-refractivity contribution >= 4 is 71.8 Å². The molecular formula is C18H14BrN3O4S2. The van der Waals surface area contributed by atoms with Crippen molar-refractivity contribution in [3.05, 3.63) is 52.0 Å². The van der Waals surface area contributed by atoms with E-state index in [0.717, 1.165) is 9.17 Å². The highest BCUT2D eigenvalue weighted by Gasteiger charge is 2.15. The molecule has 0 aliphatic rings. The first-order valence-corrected chi connectivity index (χ1v) is 9.88. The normalized spacial score (nSPS) is 10.4. The Balaban J connectivity index is 1.73. The van der Waals surface area contributed by atoms with E-state index in [0.29, 0.717) is 27.5 Å². The van der Waals surface area contributed by atoms with Crippen LogP contribution in [-0.2, 0) is 4.74 Å². The van der Waals surface area contributed by atoms with E-state index in [9.17, 15) is 9.59 Å². The number of thiazole rings is 1. The summed E-state index contributed by atoms with van der Waals surface area (Å²) >= 11 is 9.84. The fraction of sp³-hybridized carbons (Fsp3) is 0.111. The summed E-state index contributed by atoms with van der Waals surface area (Å²) in [6.45, 7) is 0. The summed E-state index contributed by atoms with van der Waals surface area (Å²) in [5.74, 6) is -0.404. The number of fused-ring (bicyclic) bond motifs is 1. The quantitative estimate of drug-likeness (QED) is 0.431. The number of carbonyl (C=O) groups is 2. The van der Waals surface area contributed by atoms with Crippen LogP contribution in [0.3, 0.4) is 0 Å². The minimum Gasteiger partial charge on any atom is -0.496 e.